The second-order valence-corrected chi connectivity index (χ2v) is 6.53. The molecule has 0 spiro atoms. The van der Waals surface area contributed by atoms with E-state index in [2.05, 4.69) is 10.4 Å². The van der Waals surface area contributed by atoms with Gasteiger partial charge < -0.3 is 10.1 Å². The normalized spacial score (nSPS) is 18.1. The molecule has 3 rings (SSSR count). The molecule has 2 heterocycles. The van der Waals surface area contributed by atoms with Crippen LogP contribution < -0.4 is 5.43 Å². The number of rotatable bonds is 4. The molecule has 0 amide bonds. The Morgan fingerprint density at radius 2 is 2.16 bits per heavy atom. The lowest BCUT2D eigenvalue weighted by Crippen LogP contribution is -2.51. The van der Waals surface area contributed by atoms with Crippen LogP contribution in [0.2, 0.25) is 0 Å². The molecule has 2 N–H and O–H groups in total. The minimum Gasteiger partial charge on any atom is -0.480 e. The first-order valence-electron chi connectivity index (χ1n) is 7.16. The van der Waals surface area contributed by atoms with Gasteiger partial charge in [0.25, 0.3) is 0 Å². The van der Waals surface area contributed by atoms with E-state index in [1.165, 1.54) is 34.7 Å². The first-order valence-corrected chi connectivity index (χ1v) is 7.97. The van der Waals surface area contributed by atoms with Gasteiger partial charge in [-0.1, -0.05) is 0 Å². The third kappa shape index (κ3) is 3.97. The predicted octanol–water partition coefficient (Wildman–Crippen LogP) is 2.21. The third-order valence-corrected chi connectivity index (χ3v) is 4.59. The number of nitrogens with one attached hydrogen (secondary N) is 1. The van der Waals surface area contributed by atoms with Crippen molar-refractivity contribution >= 4 is 33.3 Å². The number of carboxylic acids is 1. The Bertz CT molecular complexity index is 863. The quantitative estimate of drug-likeness (QED) is 0.858. The summed E-state index contributed by atoms with van der Waals surface area (Å²) in [5.41, 5.74) is 2.21. The summed E-state index contributed by atoms with van der Waals surface area (Å²) in [6.45, 7) is -0.324. The molecule has 0 bridgehead atoms. The van der Waals surface area contributed by atoms with E-state index in [0.29, 0.717) is 9.71 Å². The highest BCUT2D eigenvalue weighted by Gasteiger charge is 2.31. The van der Waals surface area contributed by atoms with Crippen molar-refractivity contribution in [3.63, 3.8) is 0 Å². The molecular weight excluding hydrogens is 359 g/mol. The van der Waals surface area contributed by atoms with Crippen molar-refractivity contribution < 1.29 is 27.9 Å². The molecule has 0 radical (unpaired) electrons. The van der Waals surface area contributed by atoms with Gasteiger partial charge in [-0.15, -0.1) is 11.3 Å². The first kappa shape index (κ1) is 17.4. The number of alkyl halides is 3. The zero-order valence-electron chi connectivity index (χ0n) is 12.6. The summed E-state index contributed by atoms with van der Waals surface area (Å²) in [6.07, 6.45) is -1.69. The van der Waals surface area contributed by atoms with Crippen molar-refractivity contribution in [2.24, 2.45) is 0 Å². The maximum Gasteiger partial charge on any atom is 0.416 e. The van der Waals surface area contributed by atoms with Gasteiger partial charge in [0.2, 0.25) is 0 Å². The van der Waals surface area contributed by atoms with Gasteiger partial charge in [-0.2, -0.15) is 13.2 Å². The Hall–Kier alpha value is -2.46. The fourth-order valence-corrected chi connectivity index (χ4v) is 3.38. The number of nitrogens with zero attached hydrogens (tertiary/aromatic N) is 2. The van der Waals surface area contributed by atoms with Crippen LogP contribution in [-0.4, -0.2) is 39.4 Å². The number of carboxylic acid groups (broad SMARTS) is 1. The summed E-state index contributed by atoms with van der Waals surface area (Å²) in [7, 11) is 0. The van der Waals surface area contributed by atoms with Crippen LogP contribution in [0.3, 0.4) is 0 Å². The summed E-state index contributed by atoms with van der Waals surface area (Å²) >= 11 is 1.20. The lowest BCUT2D eigenvalue weighted by molar-refractivity contribution is -0.139. The van der Waals surface area contributed by atoms with Gasteiger partial charge in [0.15, 0.2) is 5.78 Å². The Labute approximate surface area is 143 Å². The molecule has 1 aliphatic rings. The number of fused-ring (bicyclic) bond motifs is 1. The van der Waals surface area contributed by atoms with Crippen LogP contribution in [0.1, 0.15) is 10.6 Å². The second kappa shape index (κ2) is 6.45. The largest absolute Gasteiger partial charge is 0.480 e. The molecule has 0 saturated carbocycles. The van der Waals surface area contributed by atoms with Gasteiger partial charge >= 0.3 is 12.1 Å². The molecule has 1 unspecified atom stereocenters. The summed E-state index contributed by atoms with van der Waals surface area (Å²) < 4.78 is 38.8. The Balaban J connectivity index is 1.79. The van der Waals surface area contributed by atoms with Crippen LogP contribution in [0, 0.1) is 0 Å². The van der Waals surface area contributed by atoms with Crippen molar-refractivity contribution in [3.05, 3.63) is 41.0 Å². The number of benzene rings is 1. The van der Waals surface area contributed by atoms with Gasteiger partial charge in [0.05, 0.1) is 26.8 Å². The van der Waals surface area contributed by atoms with E-state index >= 15 is 0 Å². The third-order valence-electron chi connectivity index (χ3n) is 3.53. The molecular formula is C15H12F3N3O3S. The number of halogens is 3. The van der Waals surface area contributed by atoms with Crippen LogP contribution >= 0.6 is 11.3 Å². The molecule has 0 fully saturated rings. The summed E-state index contributed by atoms with van der Waals surface area (Å²) in [5, 5.41) is 10.6. The number of aromatic nitrogens is 1. The Kier molecular flexibility index (Phi) is 4.48. The topological polar surface area (TPSA) is 82.5 Å². The summed E-state index contributed by atoms with van der Waals surface area (Å²) in [6, 6.07) is 2.60. The lowest BCUT2D eigenvalue weighted by Gasteiger charge is -2.28. The molecule has 1 aliphatic heterocycles. The van der Waals surface area contributed by atoms with Crippen molar-refractivity contribution in [1.29, 1.82) is 0 Å². The molecule has 25 heavy (non-hydrogen) atoms. The van der Waals surface area contributed by atoms with E-state index in [4.69, 9.17) is 5.11 Å². The van der Waals surface area contributed by atoms with E-state index in [0.717, 1.165) is 12.1 Å². The van der Waals surface area contributed by atoms with Gasteiger partial charge in [0, 0.05) is 18.7 Å². The molecule has 132 valence electrons. The SMILES string of the molecule is O=C(O)CN1C=CC(=O)C(Cc2nc3cc(C(F)(F)F)ccc3s2)N1. The maximum atomic E-state index is 12.8. The summed E-state index contributed by atoms with van der Waals surface area (Å²) in [4.78, 5) is 26.8. The molecule has 0 aliphatic carbocycles. The van der Waals surface area contributed by atoms with Crippen molar-refractivity contribution in [2.75, 3.05) is 6.54 Å². The second-order valence-electron chi connectivity index (χ2n) is 5.41. The van der Waals surface area contributed by atoms with Gasteiger partial charge in [-0.3, -0.25) is 9.59 Å². The van der Waals surface area contributed by atoms with Crippen LogP contribution in [0.25, 0.3) is 10.2 Å². The van der Waals surface area contributed by atoms with Gasteiger partial charge in [-0.25, -0.2) is 10.4 Å². The average Bonchev–Trinajstić information content (AvgIpc) is 2.90. The van der Waals surface area contributed by atoms with E-state index in [1.807, 2.05) is 0 Å². The van der Waals surface area contributed by atoms with Gasteiger partial charge in [-0.05, 0) is 18.2 Å². The Morgan fingerprint density at radius 3 is 2.84 bits per heavy atom. The monoisotopic (exact) mass is 371 g/mol. The predicted molar refractivity (Wildman–Crippen MR) is 83.7 cm³/mol. The van der Waals surface area contributed by atoms with Gasteiger partial charge in [0.1, 0.15) is 6.54 Å². The smallest absolute Gasteiger partial charge is 0.416 e. The standard InChI is InChI=1S/C15H12F3N3O3S/c16-15(17,18)8-1-2-12-10(5-8)19-13(25-12)6-9-11(22)3-4-21(20-9)7-14(23)24/h1-5,9,20H,6-7H2,(H,23,24). The van der Waals surface area contributed by atoms with E-state index in [1.54, 1.807) is 0 Å². The van der Waals surface area contributed by atoms with E-state index < -0.39 is 23.8 Å². The minimum atomic E-state index is -4.44. The zero-order chi connectivity index (χ0) is 18.2. The maximum absolute atomic E-state index is 12.8. The highest BCUT2D eigenvalue weighted by Crippen LogP contribution is 2.33. The lowest BCUT2D eigenvalue weighted by atomic mass is 10.1. The van der Waals surface area contributed by atoms with Crippen LogP contribution in [0.15, 0.2) is 30.5 Å². The molecule has 1 atom stereocenters. The number of thiazole rings is 1. The van der Waals surface area contributed by atoms with Crippen LogP contribution in [0.5, 0.6) is 0 Å². The van der Waals surface area contributed by atoms with Crippen molar-refractivity contribution in [2.45, 2.75) is 18.6 Å². The molecule has 2 aromatic rings. The zero-order valence-corrected chi connectivity index (χ0v) is 13.4. The number of carbonyl (C=O) groups is 2. The molecule has 6 nitrogen and oxygen atoms in total. The van der Waals surface area contributed by atoms with Crippen LogP contribution in [0.4, 0.5) is 13.2 Å². The van der Waals surface area contributed by atoms with E-state index in [9.17, 15) is 22.8 Å². The average molecular weight is 371 g/mol. The summed E-state index contributed by atoms with van der Waals surface area (Å²) in [5.74, 6) is -1.32. The number of carbonyl (C=O) groups excluding carboxylic acids is 1. The minimum absolute atomic E-state index is 0.153. The fourth-order valence-electron chi connectivity index (χ4n) is 2.39. The number of hydrogen-bond donors (Lipinski definition) is 2. The van der Waals surface area contributed by atoms with Crippen molar-refractivity contribution in [3.8, 4) is 0 Å². The first-order chi connectivity index (χ1) is 11.7. The molecule has 0 saturated heterocycles. The highest BCUT2D eigenvalue weighted by molar-refractivity contribution is 7.18. The number of aliphatic carboxylic acids is 1. The molecule has 1 aromatic carbocycles. The molecule has 10 heteroatoms. The van der Waals surface area contributed by atoms with E-state index in [-0.39, 0.29) is 24.3 Å². The number of hydrogen-bond acceptors (Lipinski definition) is 6. The Morgan fingerprint density at radius 1 is 1.40 bits per heavy atom. The van der Waals surface area contributed by atoms with Crippen molar-refractivity contribution in [1.82, 2.24) is 15.4 Å². The highest BCUT2D eigenvalue weighted by atomic mass is 32.1. The number of ketones is 1. The number of hydrazine groups is 1. The van der Waals surface area contributed by atoms with Crippen LogP contribution in [-0.2, 0) is 22.2 Å². The molecule has 1 aromatic heterocycles. The fraction of sp³-hybridized carbons (Fsp3) is 0.267.